The van der Waals surface area contributed by atoms with E-state index in [4.69, 9.17) is 13.6 Å². The normalized spacial score (nSPS) is 30.3. The number of rotatable bonds is 5. The van der Waals surface area contributed by atoms with Gasteiger partial charge in [-0.25, -0.2) is 13.6 Å². The van der Waals surface area contributed by atoms with Crippen molar-refractivity contribution in [1.29, 1.82) is 0 Å². The van der Waals surface area contributed by atoms with Gasteiger partial charge in [0.05, 0.1) is 0 Å². The van der Waals surface area contributed by atoms with Crippen molar-refractivity contribution in [3.63, 3.8) is 0 Å². The van der Waals surface area contributed by atoms with Crippen molar-refractivity contribution in [2.24, 2.45) is 0 Å². The first-order valence-corrected chi connectivity index (χ1v) is 6.93. The van der Waals surface area contributed by atoms with Gasteiger partial charge in [-0.1, -0.05) is 31.7 Å². The molecule has 1 aromatic carbocycles. The second kappa shape index (κ2) is 4.69. The Hall–Kier alpha value is -1.42. The first-order chi connectivity index (χ1) is 8.53. The van der Waals surface area contributed by atoms with E-state index in [1.807, 2.05) is 0 Å². The number of phosphoric ester groups is 1. The van der Waals surface area contributed by atoms with Crippen LogP contribution in [-0.4, -0.2) is 11.6 Å². The molecule has 5 nitrogen and oxygen atoms in total. The van der Waals surface area contributed by atoms with Gasteiger partial charge >= 0.3 is 7.82 Å². The molecule has 1 saturated heterocycles. The monoisotopic (exact) mass is 268 g/mol. The van der Waals surface area contributed by atoms with Crippen LogP contribution in [0.25, 0.3) is 0 Å². The zero-order chi connectivity index (χ0) is 13.2. The minimum Gasteiger partial charge on any atom is -0.404 e. The molecule has 2 rings (SSSR count). The second-order valence-electron chi connectivity index (χ2n) is 3.71. The first kappa shape index (κ1) is 13.0. The zero-order valence-electron chi connectivity index (χ0n) is 9.87. The second-order valence-corrected chi connectivity index (χ2v) is 5.15. The summed E-state index contributed by atoms with van der Waals surface area (Å²) in [4.78, 5) is 11.5. The molecule has 1 heterocycles. The molecular weight excluding hydrogens is 255 g/mol. The Bertz CT molecular complexity index is 500. The summed E-state index contributed by atoms with van der Waals surface area (Å²) in [5.41, 5.74) is 0. The topological polar surface area (TPSA) is 61.8 Å². The molecule has 0 saturated carbocycles. The number of hydrogen-bond donors (Lipinski definition) is 0. The van der Waals surface area contributed by atoms with Crippen LogP contribution in [0, 0.1) is 0 Å². The molecular formula is C12H13O5P. The highest BCUT2D eigenvalue weighted by molar-refractivity contribution is 7.50. The van der Waals surface area contributed by atoms with E-state index in [0.717, 1.165) is 6.08 Å². The molecule has 0 radical (unpaired) electrons. The molecule has 1 aliphatic heterocycles. The Morgan fingerprint density at radius 3 is 2.56 bits per heavy atom. The largest absolute Gasteiger partial charge is 0.536 e. The highest BCUT2D eigenvalue weighted by Crippen LogP contribution is 2.65. The van der Waals surface area contributed by atoms with Crippen LogP contribution >= 0.6 is 7.82 Å². The fourth-order valence-corrected chi connectivity index (χ4v) is 3.19. The van der Waals surface area contributed by atoms with E-state index in [1.54, 1.807) is 37.3 Å². The van der Waals surface area contributed by atoms with Crippen LogP contribution in [0.3, 0.4) is 0 Å². The summed E-state index contributed by atoms with van der Waals surface area (Å²) in [6.45, 7) is 5.04. The Morgan fingerprint density at radius 1 is 1.44 bits per heavy atom. The van der Waals surface area contributed by atoms with Gasteiger partial charge in [-0.2, -0.15) is 0 Å². The lowest BCUT2D eigenvalue weighted by atomic mass is 10.1. The van der Waals surface area contributed by atoms with Gasteiger partial charge in [0.1, 0.15) is 5.75 Å². The fraction of sp³-hybridized carbons (Fsp3) is 0.250. The molecule has 0 amide bonds. The van der Waals surface area contributed by atoms with Gasteiger partial charge in [-0.05, 0) is 18.2 Å². The average molecular weight is 268 g/mol. The molecule has 0 aliphatic carbocycles. The number of benzene rings is 1. The Morgan fingerprint density at radius 2 is 2.06 bits per heavy atom. The third kappa shape index (κ3) is 2.25. The summed E-state index contributed by atoms with van der Waals surface area (Å²) >= 11 is 0. The molecule has 0 aromatic heterocycles. The maximum absolute atomic E-state index is 12.0. The number of carbonyl (C=O) groups excluding carboxylic acids is 1. The van der Waals surface area contributed by atoms with Gasteiger partial charge in [0, 0.05) is 6.42 Å². The van der Waals surface area contributed by atoms with Crippen LogP contribution in [0.1, 0.15) is 13.3 Å². The standard InChI is InChI=1S/C12H13O5P/c1-3-11(13)12(4-2)16-18(14,17-12)15-10-8-6-5-7-9-10/h3,5-9H,1,4H2,2H3. The maximum atomic E-state index is 12.0. The zero-order valence-corrected chi connectivity index (χ0v) is 10.8. The van der Waals surface area contributed by atoms with Gasteiger partial charge in [-0.3, -0.25) is 4.79 Å². The lowest BCUT2D eigenvalue weighted by Gasteiger charge is -2.42. The molecule has 0 bridgehead atoms. The van der Waals surface area contributed by atoms with E-state index in [0.29, 0.717) is 5.75 Å². The third-order valence-corrected chi connectivity index (χ3v) is 3.98. The Labute approximate surface area is 105 Å². The number of phosphoric acid groups is 1. The lowest BCUT2D eigenvalue weighted by molar-refractivity contribution is -0.209. The summed E-state index contributed by atoms with van der Waals surface area (Å²) < 4.78 is 27.3. The van der Waals surface area contributed by atoms with Crippen LogP contribution in [0.5, 0.6) is 5.75 Å². The molecule has 96 valence electrons. The number of para-hydroxylation sites is 1. The van der Waals surface area contributed by atoms with Gasteiger partial charge in [0.2, 0.25) is 5.78 Å². The summed E-state index contributed by atoms with van der Waals surface area (Å²) in [5.74, 6) is -1.61. The summed E-state index contributed by atoms with van der Waals surface area (Å²) in [5, 5.41) is 0. The molecule has 1 aliphatic rings. The van der Waals surface area contributed by atoms with Gasteiger partial charge in [-0.15, -0.1) is 0 Å². The van der Waals surface area contributed by atoms with Crippen molar-refractivity contribution in [3.8, 4) is 5.75 Å². The van der Waals surface area contributed by atoms with Gasteiger partial charge in [0.15, 0.2) is 0 Å². The lowest BCUT2D eigenvalue weighted by Crippen LogP contribution is -2.49. The maximum Gasteiger partial charge on any atom is 0.536 e. The van der Waals surface area contributed by atoms with Crippen LogP contribution < -0.4 is 4.52 Å². The quantitative estimate of drug-likeness (QED) is 0.606. The predicted octanol–water partition coefficient (Wildman–Crippen LogP) is 3.08. The van der Waals surface area contributed by atoms with E-state index in [1.165, 1.54) is 0 Å². The van der Waals surface area contributed by atoms with Crippen LogP contribution in [0.15, 0.2) is 43.0 Å². The van der Waals surface area contributed by atoms with Gasteiger partial charge < -0.3 is 4.52 Å². The summed E-state index contributed by atoms with van der Waals surface area (Å²) in [7, 11) is -3.69. The summed E-state index contributed by atoms with van der Waals surface area (Å²) in [6.07, 6.45) is 1.31. The van der Waals surface area contributed by atoms with Gasteiger partial charge in [0.25, 0.3) is 5.79 Å². The molecule has 0 N–H and O–H groups in total. The molecule has 1 fully saturated rings. The highest BCUT2D eigenvalue weighted by atomic mass is 31.2. The van der Waals surface area contributed by atoms with E-state index in [9.17, 15) is 9.36 Å². The van der Waals surface area contributed by atoms with E-state index >= 15 is 0 Å². The number of ketones is 1. The van der Waals surface area contributed by atoms with Crippen LogP contribution in [-0.2, 0) is 18.4 Å². The van der Waals surface area contributed by atoms with E-state index < -0.39 is 19.4 Å². The first-order valence-electron chi connectivity index (χ1n) is 5.47. The van der Waals surface area contributed by atoms with Crippen molar-refractivity contribution in [1.82, 2.24) is 0 Å². The van der Waals surface area contributed by atoms with Crippen molar-refractivity contribution >= 4 is 13.6 Å². The summed E-state index contributed by atoms with van der Waals surface area (Å²) in [6, 6.07) is 8.48. The van der Waals surface area contributed by atoms with Crippen molar-refractivity contribution in [2.75, 3.05) is 0 Å². The Kier molecular flexibility index (Phi) is 3.39. The SMILES string of the molecule is C=CC(=O)C1(CC)OP(=O)(Oc2ccccc2)O1. The average Bonchev–Trinajstić information content (AvgIpc) is 2.35. The van der Waals surface area contributed by atoms with Crippen LogP contribution in [0.4, 0.5) is 0 Å². The molecule has 6 heteroatoms. The minimum atomic E-state index is -3.69. The molecule has 0 unspecified atom stereocenters. The van der Waals surface area contributed by atoms with Crippen LogP contribution in [0.2, 0.25) is 0 Å². The van der Waals surface area contributed by atoms with E-state index in [-0.39, 0.29) is 6.42 Å². The molecule has 0 spiro atoms. The van der Waals surface area contributed by atoms with Crippen molar-refractivity contribution in [2.45, 2.75) is 19.1 Å². The third-order valence-electron chi connectivity index (χ3n) is 2.51. The molecule has 0 atom stereocenters. The van der Waals surface area contributed by atoms with Crippen molar-refractivity contribution < 1.29 is 22.9 Å². The minimum absolute atomic E-state index is 0.236. The number of carbonyl (C=O) groups is 1. The van der Waals surface area contributed by atoms with E-state index in [2.05, 4.69) is 6.58 Å². The van der Waals surface area contributed by atoms with Crippen molar-refractivity contribution in [3.05, 3.63) is 43.0 Å². The smallest absolute Gasteiger partial charge is 0.404 e. The number of hydrogen-bond acceptors (Lipinski definition) is 5. The predicted molar refractivity (Wildman–Crippen MR) is 65.1 cm³/mol. The fourth-order valence-electron chi connectivity index (χ4n) is 1.56. The molecule has 18 heavy (non-hydrogen) atoms. The highest BCUT2D eigenvalue weighted by Gasteiger charge is 2.61. The Balaban J connectivity index is 2.08. The molecule has 1 aromatic rings.